The smallest absolute Gasteiger partial charge is 0.254 e. The lowest BCUT2D eigenvalue weighted by Gasteiger charge is -2.30. The van der Waals surface area contributed by atoms with Crippen molar-refractivity contribution < 1.29 is 4.79 Å². The normalized spacial score (nSPS) is 35.3. The molecule has 0 radical (unpaired) electrons. The summed E-state index contributed by atoms with van der Waals surface area (Å²) in [5.41, 5.74) is 0.791. The third-order valence-electron chi connectivity index (χ3n) is 3.75. The molecule has 0 N–H and O–H groups in total. The quantitative estimate of drug-likeness (QED) is 0.706. The van der Waals surface area contributed by atoms with Gasteiger partial charge in [0.2, 0.25) is 0 Å². The Morgan fingerprint density at radius 3 is 2.53 bits per heavy atom. The number of amides is 1. The fourth-order valence-electron chi connectivity index (χ4n) is 2.92. The van der Waals surface area contributed by atoms with E-state index in [4.69, 9.17) is 0 Å². The predicted octanol–water partition coefficient (Wildman–Crippen LogP) is 3.06. The minimum Gasteiger partial charge on any atom is -0.333 e. The van der Waals surface area contributed by atoms with Crippen molar-refractivity contribution in [3.05, 3.63) is 35.9 Å². The van der Waals surface area contributed by atoms with Gasteiger partial charge in [0.15, 0.2) is 0 Å². The van der Waals surface area contributed by atoms with Crippen molar-refractivity contribution in [2.24, 2.45) is 5.92 Å². The average molecular weight is 359 g/mol. The molecule has 1 aliphatic heterocycles. The molecule has 1 aliphatic carbocycles. The largest absolute Gasteiger partial charge is 0.333 e. The highest BCUT2D eigenvalue weighted by molar-refractivity contribution is 9.10. The lowest BCUT2D eigenvalue weighted by atomic mass is 10.1. The van der Waals surface area contributed by atoms with Gasteiger partial charge < -0.3 is 4.90 Å². The van der Waals surface area contributed by atoms with Gasteiger partial charge in [-0.25, -0.2) is 0 Å². The van der Waals surface area contributed by atoms with Crippen LogP contribution in [0.3, 0.4) is 0 Å². The third-order valence-corrected chi connectivity index (χ3v) is 5.95. The van der Waals surface area contributed by atoms with Gasteiger partial charge in [-0.3, -0.25) is 4.79 Å². The molecule has 2 bridgehead atoms. The number of carbonyl (C=O) groups is 1. The number of hydrogen-bond acceptors (Lipinski definition) is 1. The summed E-state index contributed by atoms with van der Waals surface area (Å²) in [4.78, 5) is 15.3. The second kappa shape index (κ2) is 4.39. The zero-order valence-corrected chi connectivity index (χ0v) is 12.4. The maximum atomic E-state index is 12.4. The van der Waals surface area contributed by atoms with E-state index in [1.54, 1.807) is 0 Å². The van der Waals surface area contributed by atoms with Crippen LogP contribution in [-0.2, 0) is 0 Å². The molecule has 1 amide bonds. The molecule has 4 heteroatoms. The van der Waals surface area contributed by atoms with E-state index in [-0.39, 0.29) is 5.91 Å². The number of halogens is 2. The Bertz CT molecular complexity index is 436. The Morgan fingerprint density at radius 1 is 1.24 bits per heavy atom. The van der Waals surface area contributed by atoms with Crippen LogP contribution in [0.25, 0.3) is 0 Å². The van der Waals surface area contributed by atoms with Crippen molar-refractivity contribution in [3.8, 4) is 0 Å². The van der Waals surface area contributed by atoms with Crippen LogP contribution in [-0.4, -0.2) is 33.0 Å². The summed E-state index contributed by atoms with van der Waals surface area (Å²) < 4.78 is 0. The molecule has 2 fully saturated rings. The van der Waals surface area contributed by atoms with Crippen molar-refractivity contribution in [1.29, 1.82) is 0 Å². The molecule has 3 rings (SSSR count). The van der Waals surface area contributed by atoms with Crippen molar-refractivity contribution in [3.63, 3.8) is 0 Å². The van der Waals surface area contributed by atoms with Crippen LogP contribution in [0.5, 0.6) is 0 Å². The molecule has 1 aromatic carbocycles. The number of fused-ring (bicyclic) bond motifs is 2. The summed E-state index contributed by atoms with van der Waals surface area (Å²) >= 11 is 7.42. The van der Waals surface area contributed by atoms with Crippen LogP contribution in [0.15, 0.2) is 30.3 Å². The molecule has 2 aliphatic rings. The predicted molar refractivity (Wildman–Crippen MR) is 74.8 cm³/mol. The minimum atomic E-state index is 0.159. The van der Waals surface area contributed by atoms with Gasteiger partial charge in [-0.15, -0.1) is 0 Å². The van der Waals surface area contributed by atoms with Gasteiger partial charge in [-0.2, -0.15) is 0 Å². The molecular formula is C13H13Br2NO. The lowest BCUT2D eigenvalue weighted by molar-refractivity contribution is 0.0711. The summed E-state index contributed by atoms with van der Waals surface area (Å²) in [7, 11) is 0. The summed E-state index contributed by atoms with van der Waals surface area (Å²) in [5, 5.41) is 0. The van der Waals surface area contributed by atoms with Crippen LogP contribution < -0.4 is 0 Å². The standard InChI is InChI=1S/C13H13Br2NO/c14-10-6-9-7-16(12(10)11(9)15)13(17)8-4-2-1-3-5-8/h1-5,9-12H,6-7H2/t9-,10-,11-,12-/m1/s1. The van der Waals surface area contributed by atoms with Crippen LogP contribution >= 0.6 is 31.9 Å². The SMILES string of the molecule is O=C(c1ccccc1)N1C[C@H]2C[C@@H](Br)[C@@H]1[C@@H]2Br. The Balaban J connectivity index is 1.85. The first-order valence-corrected chi connectivity index (χ1v) is 7.66. The van der Waals surface area contributed by atoms with Crippen molar-refractivity contribution in [2.45, 2.75) is 22.1 Å². The summed E-state index contributed by atoms with van der Waals surface area (Å²) in [6, 6.07) is 9.85. The van der Waals surface area contributed by atoms with Gasteiger partial charge in [-0.1, -0.05) is 50.1 Å². The highest BCUT2D eigenvalue weighted by atomic mass is 79.9. The second-order valence-corrected chi connectivity index (χ2v) is 7.00. The third kappa shape index (κ3) is 1.85. The molecule has 1 aromatic rings. The fourth-order valence-corrected chi connectivity index (χ4v) is 5.46. The van der Waals surface area contributed by atoms with Crippen molar-refractivity contribution in [1.82, 2.24) is 4.90 Å². The summed E-state index contributed by atoms with van der Waals surface area (Å²) in [6.45, 7) is 0.885. The van der Waals surface area contributed by atoms with E-state index in [2.05, 4.69) is 31.9 Å². The maximum Gasteiger partial charge on any atom is 0.254 e. The van der Waals surface area contributed by atoms with Gasteiger partial charge in [0, 0.05) is 21.8 Å². The number of likely N-dealkylation sites (tertiary alicyclic amines) is 1. The number of piperidine rings is 1. The molecule has 1 heterocycles. The molecule has 0 spiro atoms. The van der Waals surface area contributed by atoms with E-state index < -0.39 is 0 Å². The van der Waals surface area contributed by atoms with E-state index in [1.165, 1.54) is 6.42 Å². The minimum absolute atomic E-state index is 0.159. The summed E-state index contributed by atoms with van der Waals surface area (Å²) in [5.74, 6) is 0.753. The summed E-state index contributed by atoms with van der Waals surface area (Å²) in [6.07, 6.45) is 1.17. The zero-order valence-electron chi connectivity index (χ0n) is 9.22. The maximum absolute atomic E-state index is 12.4. The van der Waals surface area contributed by atoms with Gasteiger partial charge >= 0.3 is 0 Å². The molecule has 90 valence electrons. The average Bonchev–Trinajstić information content (AvgIpc) is 2.81. The second-order valence-electron chi connectivity index (χ2n) is 4.77. The van der Waals surface area contributed by atoms with E-state index in [9.17, 15) is 4.79 Å². The molecule has 1 saturated heterocycles. The number of benzene rings is 1. The Labute approximate surface area is 118 Å². The van der Waals surface area contributed by atoms with Gasteiger partial charge in [-0.05, 0) is 24.5 Å². The van der Waals surface area contributed by atoms with E-state index in [0.717, 1.165) is 12.1 Å². The van der Waals surface area contributed by atoms with E-state index in [1.807, 2.05) is 35.2 Å². The highest BCUT2D eigenvalue weighted by Crippen LogP contribution is 2.45. The number of hydrogen-bond donors (Lipinski definition) is 0. The molecular weight excluding hydrogens is 346 g/mol. The Hall–Kier alpha value is -0.350. The van der Waals surface area contributed by atoms with Gasteiger partial charge in [0.1, 0.15) is 0 Å². The fraction of sp³-hybridized carbons (Fsp3) is 0.462. The number of rotatable bonds is 1. The molecule has 0 unspecified atom stereocenters. The number of nitrogens with zero attached hydrogens (tertiary/aromatic N) is 1. The topological polar surface area (TPSA) is 20.3 Å². The molecule has 0 aromatic heterocycles. The number of carbonyl (C=O) groups excluding carboxylic acids is 1. The Kier molecular flexibility index (Phi) is 3.03. The zero-order chi connectivity index (χ0) is 12.0. The van der Waals surface area contributed by atoms with E-state index >= 15 is 0 Å². The molecule has 4 atom stereocenters. The van der Waals surface area contributed by atoms with Gasteiger partial charge in [0.05, 0.1) is 6.04 Å². The first-order valence-electron chi connectivity index (χ1n) is 5.82. The van der Waals surface area contributed by atoms with Crippen LogP contribution in [0.4, 0.5) is 0 Å². The van der Waals surface area contributed by atoms with Crippen LogP contribution in [0.1, 0.15) is 16.8 Å². The van der Waals surface area contributed by atoms with Crippen molar-refractivity contribution >= 4 is 37.8 Å². The van der Waals surface area contributed by atoms with Gasteiger partial charge in [0.25, 0.3) is 5.91 Å². The lowest BCUT2D eigenvalue weighted by Crippen LogP contribution is -2.43. The Morgan fingerprint density at radius 2 is 1.94 bits per heavy atom. The molecule has 17 heavy (non-hydrogen) atoms. The molecule has 2 nitrogen and oxygen atoms in total. The first kappa shape index (κ1) is 11.7. The van der Waals surface area contributed by atoms with Crippen LogP contribution in [0.2, 0.25) is 0 Å². The van der Waals surface area contributed by atoms with Crippen molar-refractivity contribution in [2.75, 3.05) is 6.54 Å². The van der Waals surface area contributed by atoms with Crippen LogP contribution in [0, 0.1) is 5.92 Å². The molecule has 1 saturated carbocycles. The monoisotopic (exact) mass is 357 g/mol. The first-order chi connectivity index (χ1) is 8.18. The number of alkyl halides is 2. The highest BCUT2D eigenvalue weighted by Gasteiger charge is 2.52. The van der Waals surface area contributed by atoms with E-state index in [0.29, 0.717) is 21.6 Å².